The number of rotatable bonds is 4. The largest absolute Gasteiger partial charge is 0.479 e. The molecule has 0 radical (unpaired) electrons. The second-order valence-electron chi connectivity index (χ2n) is 8.31. The van der Waals surface area contributed by atoms with Crippen molar-refractivity contribution in [3.8, 4) is 11.1 Å². The molecule has 1 fully saturated rings. The first-order valence-corrected chi connectivity index (χ1v) is 9.60. The minimum absolute atomic E-state index is 0.261. The van der Waals surface area contributed by atoms with Gasteiger partial charge in [-0.15, -0.1) is 0 Å². The molecule has 1 heterocycles. The van der Waals surface area contributed by atoms with E-state index in [0.717, 1.165) is 16.7 Å². The van der Waals surface area contributed by atoms with Gasteiger partial charge in [0.25, 0.3) is 0 Å². The number of ether oxygens (including phenoxy) is 1. The van der Waals surface area contributed by atoms with E-state index < -0.39 is 23.2 Å². The number of nitrogens with zero attached hydrogens (tertiary/aromatic N) is 1. The number of benzene rings is 2. The molecule has 0 aliphatic carbocycles. The van der Waals surface area contributed by atoms with Crippen LogP contribution in [0.15, 0.2) is 54.6 Å². The average Bonchev–Trinajstić information content (AvgIpc) is 3.07. The Morgan fingerprint density at radius 3 is 2.21 bits per heavy atom. The summed E-state index contributed by atoms with van der Waals surface area (Å²) >= 11 is 0. The average molecular weight is 381 g/mol. The maximum absolute atomic E-state index is 12.7. The van der Waals surface area contributed by atoms with Gasteiger partial charge in [0, 0.05) is 13.0 Å². The lowest BCUT2D eigenvalue weighted by Gasteiger charge is -2.36. The molecule has 0 spiro atoms. The van der Waals surface area contributed by atoms with Gasteiger partial charge < -0.3 is 9.84 Å². The number of amides is 1. The summed E-state index contributed by atoms with van der Waals surface area (Å²) in [5, 5.41) is 10.0. The number of carboxylic acid groups (broad SMARTS) is 1. The van der Waals surface area contributed by atoms with Gasteiger partial charge in [-0.25, -0.2) is 9.59 Å². The van der Waals surface area contributed by atoms with Crippen molar-refractivity contribution in [3.05, 3.63) is 60.2 Å². The van der Waals surface area contributed by atoms with Crippen molar-refractivity contribution >= 4 is 12.1 Å². The van der Waals surface area contributed by atoms with E-state index in [1.807, 2.05) is 54.6 Å². The van der Waals surface area contributed by atoms with Crippen molar-refractivity contribution in [2.24, 2.45) is 0 Å². The highest BCUT2D eigenvalue weighted by Gasteiger charge is 2.51. The Kier molecular flexibility index (Phi) is 5.45. The first-order chi connectivity index (χ1) is 13.2. The van der Waals surface area contributed by atoms with Crippen LogP contribution in [0.1, 0.15) is 39.2 Å². The van der Waals surface area contributed by atoms with Gasteiger partial charge in [0.2, 0.25) is 0 Å². The molecular formula is C23H27NO4. The van der Waals surface area contributed by atoms with E-state index in [1.54, 1.807) is 20.8 Å². The van der Waals surface area contributed by atoms with Crippen molar-refractivity contribution in [1.29, 1.82) is 0 Å². The number of hydrogen-bond acceptors (Lipinski definition) is 3. The second-order valence-corrected chi connectivity index (χ2v) is 8.31. The number of likely N-dealkylation sites (tertiary alicyclic amines) is 1. The number of carboxylic acids is 1. The summed E-state index contributed by atoms with van der Waals surface area (Å²) in [5.41, 5.74) is 1.14. The molecule has 0 saturated carbocycles. The van der Waals surface area contributed by atoms with E-state index >= 15 is 0 Å². The SMILES string of the molecule is CC(C)(C)OC(=O)N1CCC[C@@]1(Cc1ccc(-c2ccccc2)cc1)C(=O)O. The van der Waals surface area contributed by atoms with Gasteiger partial charge in [-0.1, -0.05) is 54.6 Å². The fourth-order valence-corrected chi connectivity index (χ4v) is 3.73. The summed E-state index contributed by atoms with van der Waals surface area (Å²) in [5.74, 6) is -0.983. The van der Waals surface area contributed by atoms with E-state index in [-0.39, 0.29) is 6.42 Å². The van der Waals surface area contributed by atoms with Crippen molar-refractivity contribution in [2.45, 2.75) is 51.2 Å². The molecule has 0 bridgehead atoms. The van der Waals surface area contributed by atoms with Gasteiger partial charge in [0.1, 0.15) is 11.1 Å². The van der Waals surface area contributed by atoms with E-state index in [1.165, 1.54) is 4.90 Å². The minimum atomic E-state index is -1.27. The summed E-state index contributed by atoms with van der Waals surface area (Å²) in [6.45, 7) is 5.74. The molecule has 5 heteroatoms. The predicted octanol–water partition coefficient (Wildman–Crippen LogP) is 4.75. The zero-order valence-corrected chi connectivity index (χ0v) is 16.6. The van der Waals surface area contributed by atoms with Gasteiger partial charge in [-0.05, 0) is 50.3 Å². The van der Waals surface area contributed by atoms with Gasteiger partial charge in [-0.2, -0.15) is 0 Å². The molecular weight excluding hydrogens is 354 g/mol. The number of carbonyl (C=O) groups is 2. The van der Waals surface area contributed by atoms with Crippen LogP contribution in [0.4, 0.5) is 4.79 Å². The van der Waals surface area contributed by atoms with Crippen molar-refractivity contribution in [3.63, 3.8) is 0 Å². The van der Waals surface area contributed by atoms with Crippen LogP contribution in [0.2, 0.25) is 0 Å². The quantitative estimate of drug-likeness (QED) is 0.830. The molecule has 148 valence electrons. The summed E-state index contributed by atoms with van der Waals surface area (Å²) in [6.07, 6.45) is 0.764. The van der Waals surface area contributed by atoms with E-state index in [2.05, 4.69) is 0 Å². The molecule has 1 atom stereocenters. The van der Waals surface area contributed by atoms with Crippen LogP contribution in [0.25, 0.3) is 11.1 Å². The van der Waals surface area contributed by atoms with Crippen molar-refractivity contribution < 1.29 is 19.4 Å². The maximum Gasteiger partial charge on any atom is 0.411 e. The van der Waals surface area contributed by atoms with E-state index in [0.29, 0.717) is 19.4 Å². The zero-order chi connectivity index (χ0) is 20.4. The highest BCUT2D eigenvalue weighted by Crippen LogP contribution is 2.35. The molecule has 5 nitrogen and oxygen atoms in total. The number of carbonyl (C=O) groups excluding carboxylic acids is 1. The lowest BCUT2D eigenvalue weighted by atomic mass is 9.87. The fraction of sp³-hybridized carbons (Fsp3) is 0.391. The molecule has 1 aliphatic rings. The predicted molar refractivity (Wildman–Crippen MR) is 108 cm³/mol. The van der Waals surface area contributed by atoms with Crippen LogP contribution in [-0.4, -0.2) is 39.8 Å². The monoisotopic (exact) mass is 381 g/mol. The van der Waals surface area contributed by atoms with Crippen LogP contribution in [0.5, 0.6) is 0 Å². The fourth-order valence-electron chi connectivity index (χ4n) is 3.73. The molecule has 3 rings (SSSR count). The first kappa shape index (κ1) is 19.9. The highest BCUT2D eigenvalue weighted by atomic mass is 16.6. The van der Waals surface area contributed by atoms with Gasteiger partial charge in [0.15, 0.2) is 0 Å². The van der Waals surface area contributed by atoms with Crippen LogP contribution in [-0.2, 0) is 16.0 Å². The number of hydrogen-bond donors (Lipinski definition) is 1. The number of aliphatic carboxylic acids is 1. The van der Waals surface area contributed by atoms with Crippen molar-refractivity contribution in [1.82, 2.24) is 4.90 Å². The molecule has 1 amide bonds. The van der Waals surface area contributed by atoms with Crippen LogP contribution < -0.4 is 0 Å². The minimum Gasteiger partial charge on any atom is -0.479 e. The van der Waals surface area contributed by atoms with E-state index in [4.69, 9.17) is 4.74 Å². The Morgan fingerprint density at radius 1 is 1.04 bits per heavy atom. The van der Waals surface area contributed by atoms with Crippen LogP contribution in [0.3, 0.4) is 0 Å². The van der Waals surface area contributed by atoms with Crippen molar-refractivity contribution in [2.75, 3.05) is 6.54 Å². The Labute approximate surface area is 165 Å². The molecule has 0 aromatic heterocycles. The zero-order valence-electron chi connectivity index (χ0n) is 16.6. The smallest absolute Gasteiger partial charge is 0.411 e. The summed E-state index contributed by atoms with van der Waals surface area (Å²) in [4.78, 5) is 26.3. The van der Waals surface area contributed by atoms with Crippen LogP contribution in [0, 0.1) is 0 Å². The molecule has 2 aromatic carbocycles. The normalized spacial score (nSPS) is 19.5. The third kappa shape index (κ3) is 4.19. The van der Waals surface area contributed by atoms with Gasteiger partial charge in [-0.3, -0.25) is 4.90 Å². The summed E-state index contributed by atoms with van der Waals surface area (Å²) in [7, 11) is 0. The molecule has 1 saturated heterocycles. The molecule has 0 unspecified atom stereocenters. The Morgan fingerprint density at radius 2 is 1.64 bits per heavy atom. The molecule has 1 N–H and O–H groups in total. The third-order valence-electron chi connectivity index (χ3n) is 5.06. The van der Waals surface area contributed by atoms with Gasteiger partial charge in [0.05, 0.1) is 0 Å². The highest BCUT2D eigenvalue weighted by molar-refractivity contribution is 5.85. The lowest BCUT2D eigenvalue weighted by molar-refractivity contribution is -0.149. The Bertz CT molecular complexity index is 839. The summed E-state index contributed by atoms with van der Waals surface area (Å²) < 4.78 is 5.47. The first-order valence-electron chi connectivity index (χ1n) is 9.60. The Balaban J connectivity index is 1.84. The second kappa shape index (κ2) is 7.66. The molecule has 2 aromatic rings. The van der Waals surface area contributed by atoms with Gasteiger partial charge >= 0.3 is 12.1 Å². The van der Waals surface area contributed by atoms with E-state index in [9.17, 15) is 14.7 Å². The molecule has 28 heavy (non-hydrogen) atoms. The summed E-state index contributed by atoms with van der Waals surface area (Å²) in [6, 6.07) is 17.9. The maximum atomic E-state index is 12.7. The lowest BCUT2D eigenvalue weighted by Crippen LogP contribution is -2.55. The molecule has 1 aliphatic heterocycles. The Hall–Kier alpha value is -2.82. The third-order valence-corrected chi connectivity index (χ3v) is 5.06. The standard InChI is InChI=1S/C23H27NO4/c1-22(2,3)28-21(27)24-15-7-14-23(24,20(25)26)16-17-10-12-19(13-11-17)18-8-5-4-6-9-18/h4-6,8-13H,7,14-16H2,1-3H3,(H,25,26)/t23-/m1/s1. The van der Waals surface area contributed by atoms with Crippen LogP contribution >= 0.6 is 0 Å². The topological polar surface area (TPSA) is 66.8 Å².